The van der Waals surface area contributed by atoms with Crippen molar-refractivity contribution in [1.29, 1.82) is 0 Å². The van der Waals surface area contributed by atoms with Crippen molar-refractivity contribution in [2.75, 3.05) is 24.8 Å². The SMILES string of the molecule is COc1ccc(CN(C)C(=O)Nc2ccc(C)c(NC(=O)c3ccncc3)c2)cc1. The van der Waals surface area contributed by atoms with Gasteiger partial charge in [-0.15, -0.1) is 0 Å². The van der Waals surface area contributed by atoms with Crippen molar-refractivity contribution in [3.05, 3.63) is 83.7 Å². The number of hydrogen-bond acceptors (Lipinski definition) is 4. The molecule has 0 aliphatic rings. The highest BCUT2D eigenvalue weighted by Gasteiger charge is 2.12. The van der Waals surface area contributed by atoms with Crippen LogP contribution in [0.1, 0.15) is 21.5 Å². The minimum Gasteiger partial charge on any atom is -0.497 e. The number of aromatic nitrogens is 1. The Labute approximate surface area is 175 Å². The molecule has 7 heteroatoms. The van der Waals surface area contributed by atoms with Crippen LogP contribution in [-0.4, -0.2) is 36.0 Å². The molecule has 3 rings (SSSR count). The Morgan fingerprint density at radius 2 is 1.70 bits per heavy atom. The number of rotatable bonds is 6. The number of methoxy groups -OCH3 is 1. The van der Waals surface area contributed by atoms with Gasteiger partial charge >= 0.3 is 6.03 Å². The molecule has 0 aliphatic carbocycles. The molecule has 1 heterocycles. The van der Waals surface area contributed by atoms with Gasteiger partial charge in [0.1, 0.15) is 5.75 Å². The number of urea groups is 1. The van der Waals surface area contributed by atoms with Gasteiger partial charge in [0, 0.05) is 42.9 Å². The number of carbonyl (C=O) groups is 2. The highest BCUT2D eigenvalue weighted by atomic mass is 16.5. The Kier molecular flexibility index (Phi) is 6.64. The van der Waals surface area contributed by atoms with Crippen LogP contribution in [0.25, 0.3) is 0 Å². The summed E-state index contributed by atoms with van der Waals surface area (Å²) in [7, 11) is 3.34. The number of nitrogens with one attached hydrogen (secondary N) is 2. The van der Waals surface area contributed by atoms with Crippen molar-refractivity contribution < 1.29 is 14.3 Å². The van der Waals surface area contributed by atoms with Gasteiger partial charge < -0.3 is 20.3 Å². The molecule has 0 aliphatic heterocycles. The van der Waals surface area contributed by atoms with Gasteiger partial charge in [-0.1, -0.05) is 18.2 Å². The highest BCUT2D eigenvalue weighted by Crippen LogP contribution is 2.22. The zero-order valence-corrected chi connectivity index (χ0v) is 17.2. The number of nitrogens with zero attached hydrogens (tertiary/aromatic N) is 2. The van der Waals surface area contributed by atoms with Crippen LogP contribution in [0.4, 0.5) is 16.2 Å². The van der Waals surface area contributed by atoms with Gasteiger partial charge in [0.05, 0.1) is 7.11 Å². The molecule has 3 amide bonds. The number of hydrogen-bond donors (Lipinski definition) is 2. The molecule has 3 aromatic rings. The van der Waals surface area contributed by atoms with Crippen LogP contribution < -0.4 is 15.4 Å². The molecule has 0 radical (unpaired) electrons. The summed E-state index contributed by atoms with van der Waals surface area (Å²) in [6, 6.07) is 16.0. The second-order valence-electron chi connectivity index (χ2n) is 6.85. The highest BCUT2D eigenvalue weighted by molar-refractivity contribution is 6.05. The van der Waals surface area contributed by atoms with E-state index in [9.17, 15) is 9.59 Å². The maximum absolute atomic E-state index is 12.6. The molecule has 0 saturated carbocycles. The van der Waals surface area contributed by atoms with Crippen molar-refractivity contribution in [2.24, 2.45) is 0 Å². The van der Waals surface area contributed by atoms with Gasteiger partial charge in [-0.25, -0.2) is 4.79 Å². The zero-order chi connectivity index (χ0) is 21.5. The molecule has 0 atom stereocenters. The molecule has 1 aromatic heterocycles. The molecule has 154 valence electrons. The normalized spacial score (nSPS) is 10.2. The Balaban J connectivity index is 1.64. The number of pyridine rings is 1. The van der Waals surface area contributed by atoms with E-state index in [0.29, 0.717) is 23.5 Å². The van der Waals surface area contributed by atoms with Crippen LogP contribution >= 0.6 is 0 Å². The van der Waals surface area contributed by atoms with Crippen LogP contribution in [-0.2, 0) is 6.54 Å². The lowest BCUT2D eigenvalue weighted by molar-refractivity contribution is 0.102. The minimum atomic E-state index is -0.249. The summed E-state index contributed by atoms with van der Waals surface area (Å²) in [6.07, 6.45) is 3.13. The predicted molar refractivity (Wildman–Crippen MR) is 117 cm³/mol. The number of benzene rings is 2. The van der Waals surface area contributed by atoms with E-state index in [1.54, 1.807) is 55.7 Å². The maximum Gasteiger partial charge on any atom is 0.321 e. The first-order valence-corrected chi connectivity index (χ1v) is 9.43. The first kappa shape index (κ1) is 20.9. The molecule has 30 heavy (non-hydrogen) atoms. The molecule has 0 spiro atoms. The zero-order valence-electron chi connectivity index (χ0n) is 17.2. The van der Waals surface area contributed by atoms with E-state index in [0.717, 1.165) is 16.9 Å². The average Bonchev–Trinajstić information content (AvgIpc) is 2.77. The number of carbonyl (C=O) groups excluding carboxylic acids is 2. The molecule has 0 bridgehead atoms. The van der Waals surface area contributed by atoms with Gasteiger partial charge in [-0.3, -0.25) is 9.78 Å². The summed E-state index contributed by atoms with van der Waals surface area (Å²) >= 11 is 0. The van der Waals surface area contributed by atoms with Gasteiger partial charge in [-0.05, 0) is 54.4 Å². The molecule has 0 unspecified atom stereocenters. The van der Waals surface area contributed by atoms with E-state index < -0.39 is 0 Å². The molecular formula is C23H24N4O3. The van der Waals surface area contributed by atoms with Crippen LogP contribution in [0.3, 0.4) is 0 Å². The predicted octanol–water partition coefficient (Wildman–Crippen LogP) is 4.31. The minimum absolute atomic E-state index is 0.236. The molecule has 7 nitrogen and oxygen atoms in total. The fraction of sp³-hybridized carbons (Fsp3) is 0.174. The third kappa shape index (κ3) is 5.35. The number of ether oxygens (including phenoxy) is 1. The lowest BCUT2D eigenvalue weighted by Crippen LogP contribution is -2.30. The third-order valence-electron chi connectivity index (χ3n) is 4.61. The van der Waals surface area contributed by atoms with Crippen molar-refractivity contribution >= 4 is 23.3 Å². The fourth-order valence-electron chi connectivity index (χ4n) is 2.83. The molecule has 2 aromatic carbocycles. The molecular weight excluding hydrogens is 380 g/mol. The Hall–Kier alpha value is -3.87. The third-order valence-corrected chi connectivity index (χ3v) is 4.61. The Bertz CT molecular complexity index is 1020. The van der Waals surface area contributed by atoms with Gasteiger partial charge in [0.25, 0.3) is 5.91 Å². The van der Waals surface area contributed by atoms with E-state index in [1.807, 2.05) is 37.3 Å². The summed E-state index contributed by atoms with van der Waals surface area (Å²) in [5.74, 6) is 0.535. The second-order valence-corrected chi connectivity index (χ2v) is 6.85. The van der Waals surface area contributed by atoms with Crippen LogP contribution in [0, 0.1) is 6.92 Å². The standard InChI is InChI=1S/C23H24N4O3/c1-16-4-7-19(14-21(16)26-22(28)18-10-12-24-13-11-18)25-23(29)27(2)15-17-5-8-20(30-3)9-6-17/h4-14H,15H2,1-3H3,(H,25,29)(H,26,28). The smallest absolute Gasteiger partial charge is 0.321 e. The van der Waals surface area contributed by atoms with Crippen molar-refractivity contribution in [3.63, 3.8) is 0 Å². The van der Waals surface area contributed by atoms with E-state index in [-0.39, 0.29) is 11.9 Å². The van der Waals surface area contributed by atoms with Crippen molar-refractivity contribution in [1.82, 2.24) is 9.88 Å². The first-order chi connectivity index (χ1) is 14.5. The van der Waals surface area contributed by atoms with Crippen molar-refractivity contribution in [3.8, 4) is 5.75 Å². The van der Waals surface area contributed by atoms with Gasteiger partial charge in [-0.2, -0.15) is 0 Å². The van der Waals surface area contributed by atoms with E-state index in [1.165, 1.54) is 0 Å². The van der Waals surface area contributed by atoms with Crippen LogP contribution in [0.15, 0.2) is 67.0 Å². The average molecular weight is 404 g/mol. The van der Waals surface area contributed by atoms with E-state index in [4.69, 9.17) is 4.74 Å². The quantitative estimate of drug-likeness (QED) is 0.641. The fourth-order valence-corrected chi connectivity index (χ4v) is 2.83. The topological polar surface area (TPSA) is 83.6 Å². The summed E-state index contributed by atoms with van der Waals surface area (Å²) in [5, 5.41) is 5.74. The lowest BCUT2D eigenvalue weighted by Gasteiger charge is -2.19. The molecule has 0 fully saturated rings. The van der Waals surface area contributed by atoms with Gasteiger partial charge in [0.15, 0.2) is 0 Å². The lowest BCUT2D eigenvalue weighted by atomic mass is 10.1. The number of amides is 3. The molecule has 2 N–H and O–H groups in total. The Morgan fingerprint density at radius 3 is 2.37 bits per heavy atom. The molecule has 0 saturated heterocycles. The number of aryl methyl sites for hydroxylation is 1. The summed E-state index contributed by atoms with van der Waals surface area (Å²) in [5.41, 5.74) is 3.62. The summed E-state index contributed by atoms with van der Waals surface area (Å²) < 4.78 is 5.15. The Morgan fingerprint density at radius 1 is 1.00 bits per heavy atom. The van der Waals surface area contributed by atoms with Gasteiger partial charge in [0.2, 0.25) is 0 Å². The first-order valence-electron chi connectivity index (χ1n) is 9.43. The summed E-state index contributed by atoms with van der Waals surface area (Å²) in [6.45, 7) is 2.34. The maximum atomic E-state index is 12.6. The van der Waals surface area contributed by atoms with E-state index >= 15 is 0 Å². The monoisotopic (exact) mass is 404 g/mol. The van der Waals surface area contributed by atoms with Crippen LogP contribution in [0.2, 0.25) is 0 Å². The second kappa shape index (κ2) is 9.56. The van der Waals surface area contributed by atoms with Crippen molar-refractivity contribution in [2.45, 2.75) is 13.5 Å². The summed E-state index contributed by atoms with van der Waals surface area (Å²) in [4.78, 5) is 30.5. The van der Waals surface area contributed by atoms with E-state index in [2.05, 4.69) is 15.6 Å². The largest absolute Gasteiger partial charge is 0.497 e. The number of anilines is 2. The van der Waals surface area contributed by atoms with Crippen LogP contribution in [0.5, 0.6) is 5.75 Å².